The molecule has 0 bridgehead atoms. The highest BCUT2D eigenvalue weighted by Crippen LogP contribution is 2.26. The van der Waals surface area contributed by atoms with E-state index < -0.39 is 0 Å². The molecule has 0 saturated heterocycles. The number of aldehydes is 1. The van der Waals surface area contributed by atoms with Crippen molar-refractivity contribution in [2.45, 2.75) is 0 Å². The zero-order valence-electron chi connectivity index (χ0n) is 10.7. The summed E-state index contributed by atoms with van der Waals surface area (Å²) in [6.45, 7) is 0. The summed E-state index contributed by atoms with van der Waals surface area (Å²) in [5.74, 6) is 0.771. The molecule has 0 N–H and O–H groups in total. The maximum absolute atomic E-state index is 11.4. The number of pyridine rings is 1. The third-order valence-corrected chi connectivity index (χ3v) is 3.56. The second-order valence-corrected chi connectivity index (χ2v) is 5.18. The molecule has 0 atom stereocenters. The topological polar surface area (TPSA) is 43.6 Å². The fraction of sp³-hybridized carbons (Fsp3) is 0.0667. The number of fused-ring (bicyclic) bond motifs is 1. The number of aromatic nitrogens is 2. The summed E-state index contributed by atoms with van der Waals surface area (Å²) < 4.78 is 7.80. The molecule has 4 nitrogen and oxygen atoms in total. The SMILES string of the molecule is COc1ccc(-c2nc3ccc(Br)cn3c2C=O)cc1. The number of hydrogen-bond donors (Lipinski definition) is 0. The minimum absolute atomic E-state index is 0.534. The Balaban J connectivity index is 2.21. The predicted molar refractivity (Wildman–Crippen MR) is 80.3 cm³/mol. The molecule has 0 radical (unpaired) electrons. The fourth-order valence-corrected chi connectivity index (χ4v) is 2.45. The van der Waals surface area contributed by atoms with Crippen molar-refractivity contribution in [1.29, 1.82) is 0 Å². The number of benzene rings is 1. The second kappa shape index (κ2) is 5.09. The summed E-state index contributed by atoms with van der Waals surface area (Å²) in [5.41, 5.74) is 2.82. The molecule has 100 valence electrons. The Morgan fingerprint density at radius 1 is 1.20 bits per heavy atom. The molecule has 2 heterocycles. The molecule has 1 aromatic carbocycles. The molecule has 0 aliphatic carbocycles. The molecule has 0 amide bonds. The first kappa shape index (κ1) is 12.9. The van der Waals surface area contributed by atoms with Crippen molar-refractivity contribution >= 4 is 27.9 Å². The molecule has 3 rings (SSSR count). The molecule has 20 heavy (non-hydrogen) atoms. The number of rotatable bonds is 3. The van der Waals surface area contributed by atoms with E-state index in [4.69, 9.17) is 4.74 Å². The summed E-state index contributed by atoms with van der Waals surface area (Å²) in [6.07, 6.45) is 2.66. The van der Waals surface area contributed by atoms with E-state index >= 15 is 0 Å². The predicted octanol–water partition coefficient (Wildman–Crippen LogP) is 3.58. The minimum Gasteiger partial charge on any atom is -0.497 e. The molecule has 3 aromatic rings. The Hall–Kier alpha value is -2.14. The normalized spacial score (nSPS) is 10.7. The monoisotopic (exact) mass is 330 g/mol. The van der Waals surface area contributed by atoms with E-state index in [0.717, 1.165) is 27.7 Å². The average molecular weight is 331 g/mol. The molecule has 0 aliphatic heterocycles. The van der Waals surface area contributed by atoms with Crippen LogP contribution in [0, 0.1) is 0 Å². The van der Waals surface area contributed by atoms with Gasteiger partial charge in [0.1, 0.15) is 22.8 Å². The Bertz CT molecular complexity index is 778. The van der Waals surface area contributed by atoms with Gasteiger partial charge >= 0.3 is 0 Å². The Morgan fingerprint density at radius 2 is 1.95 bits per heavy atom. The maximum Gasteiger partial charge on any atom is 0.169 e. The number of methoxy groups -OCH3 is 1. The zero-order valence-corrected chi connectivity index (χ0v) is 12.3. The van der Waals surface area contributed by atoms with Gasteiger partial charge in [-0.3, -0.25) is 9.20 Å². The highest BCUT2D eigenvalue weighted by Gasteiger charge is 2.13. The van der Waals surface area contributed by atoms with Gasteiger partial charge in [-0.05, 0) is 52.3 Å². The molecular formula is C15H11BrN2O2. The molecular weight excluding hydrogens is 320 g/mol. The van der Waals surface area contributed by atoms with Crippen LogP contribution in [0.5, 0.6) is 5.75 Å². The van der Waals surface area contributed by atoms with Crippen molar-refractivity contribution in [2.75, 3.05) is 7.11 Å². The first-order valence-corrected chi connectivity index (χ1v) is 6.79. The summed E-state index contributed by atoms with van der Waals surface area (Å²) in [5, 5.41) is 0. The van der Waals surface area contributed by atoms with Crippen LogP contribution in [0.4, 0.5) is 0 Å². The van der Waals surface area contributed by atoms with Gasteiger partial charge in [-0.2, -0.15) is 0 Å². The van der Waals surface area contributed by atoms with Crippen LogP contribution in [-0.4, -0.2) is 22.8 Å². The van der Waals surface area contributed by atoms with Crippen molar-refractivity contribution in [2.24, 2.45) is 0 Å². The summed E-state index contributed by atoms with van der Waals surface area (Å²) in [7, 11) is 1.62. The number of ether oxygens (including phenoxy) is 1. The van der Waals surface area contributed by atoms with E-state index in [1.165, 1.54) is 0 Å². The van der Waals surface area contributed by atoms with Gasteiger partial charge in [-0.1, -0.05) is 0 Å². The molecule has 0 spiro atoms. The van der Waals surface area contributed by atoms with Gasteiger partial charge in [0, 0.05) is 16.2 Å². The molecule has 2 aromatic heterocycles. The van der Waals surface area contributed by atoms with Crippen LogP contribution in [0.15, 0.2) is 47.1 Å². The van der Waals surface area contributed by atoms with E-state index in [2.05, 4.69) is 20.9 Å². The van der Waals surface area contributed by atoms with Crippen molar-refractivity contribution in [3.05, 3.63) is 52.8 Å². The summed E-state index contributed by atoms with van der Waals surface area (Å²) in [4.78, 5) is 15.9. The summed E-state index contributed by atoms with van der Waals surface area (Å²) in [6, 6.07) is 11.2. The maximum atomic E-state index is 11.4. The fourth-order valence-electron chi connectivity index (χ4n) is 2.11. The number of nitrogens with zero attached hydrogens (tertiary/aromatic N) is 2. The van der Waals surface area contributed by atoms with Crippen LogP contribution in [0.25, 0.3) is 16.9 Å². The first-order chi connectivity index (χ1) is 9.72. The van der Waals surface area contributed by atoms with Crippen molar-refractivity contribution < 1.29 is 9.53 Å². The Labute approximate surface area is 124 Å². The summed E-state index contributed by atoms with van der Waals surface area (Å²) >= 11 is 3.40. The van der Waals surface area contributed by atoms with Crippen molar-refractivity contribution in [3.8, 4) is 17.0 Å². The number of carbonyl (C=O) groups is 1. The lowest BCUT2D eigenvalue weighted by molar-refractivity contribution is 0.111. The van der Waals surface area contributed by atoms with E-state index in [-0.39, 0.29) is 0 Å². The number of halogens is 1. The lowest BCUT2D eigenvalue weighted by Crippen LogP contribution is -1.92. The molecule has 0 unspecified atom stereocenters. The van der Waals surface area contributed by atoms with Gasteiger partial charge in [-0.25, -0.2) is 4.98 Å². The van der Waals surface area contributed by atoms with Gasteiger partial charge in [0.05, 0.1) is 7.11 Å². The lowest BCUT2D eigenvalue weighted by atomic mass is 10.1. The van der Waals surface area contributed by atoms with E-state index in [9.17, 15) is 4.79 Å². The third-order valence-electron chi connectivity index (χ3n) is 3.09. The minimum atomic E-state index is 0.534. The third kappa shape index (κ3) is 2.10. The highest BCUT2D eigenvalue weighted by atomic mass is 79.9. The van der Waals surface area contributed by atoms with Gasteiger partial charge in [0.15, 0.2) is 6.29 Å². The van der Waals surface area contributed by atoms with Gasteiger partial charge in [0.25, 0.3) is 0 Å². The number of hydrogen-bond acceptors (Lipinski definition) is 3. The van der Waals surface area contributed by atoms with Crippen LogP contribution in [0.3, 0.4) is 0 Å². The van der Waals surface area contributed by atoms with Crippen molar-refractivity contribution in [3.63, 3.8) is 0 Å². The second-order valence-electron chi connectivity index (χ2n) is 4.27. The number of carbonyl (C=O) groups excluding carboxylic acids is 1. The van der Waals surface area contributed by atoms with Crippen LogP contribution >= 0.6 is 15.9 Å². The molecule has 0 aliphatic rings. The van der Waals surface area contributed by atoms with Crippen LogP contribution in [-0.2, 0) is 0 Å². The van der Waals surface area contributed by atoms with E-state index in [0.29, 0.717) is 11.4 Å². The van der Waals surface area contributed by atoms with Crippen LogP contribution in [0.2, 0.25) is 0 Å². The quantitative estimate of drug-likeness (QED) is 0.689. The largest absolute Gasteiger partial charge is 0.497 e. The van der Waals surface area contributed by atoms with Gasteiger partial charge in [-0.15, -0.1) is 0 Å². The van der Waals surface area contributed by atoms with Gasteiger partial charge in [0.2, 0.25) is 0 Å². The van der Waals surface area contributed by atoms with Crippen LogP contribution < -0.4 is 4.74 Å². The van der Waals surface area contributed by atoms with Gasteiger partial charge < -0.3 is 4.74 Å². The Morgan fingerprint density at radius 3 is 2.60 bits per heavy atom. The average Bonchev–Trinajstić information content (AvgIpc) is 2.85. The highest BCUT2D eigenvalue weighted by molar-refractivity contribution is 9.10. The molecule has 0 fully saturated rings. The van der Waals surface area contributed by atoms with E-state index in [1.807, 2.05) is 42.6 Å². The lowest BCUT2D eigenvalue weighted by Gasteiger charge is -2.01. The molecule has 0 saturated carbocycles. The van der Waals surface area contributed by atoms with E-state index in [1.54, 1.807) is 11.5 Å². The number of imidazole rings is 1. The zero-order chi connectivity index (χ0) is 14.1. The first-order valence-electron chi connectivity index (χ1n) is 6.00. The Kier molecular flexibility index (Phi) is 3.28. The standard InChI is InChI=1S/C15H11BrN2O2/c1-20-12-5-2-10(3-6-12)15-13(9-19)18-8-11(16)4-7-14(18)17-15/h2-9H,1H3. The van der Waals surface area contributed by atoms with Crippen LogP contribution in [0.1, 0.15) is 10.5 Å². The smallest absolute Gasteiger partial charge is 0.169 e. The molecule has 5 heteroatoms. The van der Waals surface area contributed by atoms with Crippen molar-refractivity contribution in [1.82, 2.24) is 9.38 Å².